The molecule has 5 unspecified atom stereocenters. The average molecular weight is 296 g/mol. The monoisotopic (exact) mass is 296 g/mol. The van der Waals surface area contributed by atoms with E-state index in [2.05, 4.69) is 24.2 Å². The summed E-state index contributed by atoms with van der Waals surface area (Å²) in [6, 6.07) is 0.362. The fraction of sp³-hybridized carbons (Fsp3) is 0.941. The maximum atomic E-state index is 12.0. The highest BCUT2D eigenvalue weighted by Gasteiger charge is 2.41. The van der Waals surface area contributed by atoms with Crippen LogP contribution in [0, 0.1) is 17.8 Å². The van der Waals surface area contributed by atoms with Gasteiger partial charge in [-0.2, -0.15) is 0 Å². The number of rotatable bonds is 7. The first-order valence-corrected chi connectivity index (χ1v) is 8.37. The second kappa shape index (κ2) is 6.66. The Balaban J connectivity index is 1.87. The summed E-state index contributed by atoms with van der Waals surface area (Å²) >= 11 is 0. The number of carbonyl (C=O) groups is 1. The first-order chi connectivity index (χ1) is 9.89. The van der Waals surface area contributed by atoms with Crippen molar-refractivity contribution < 1.29 is 9.53 Å². The van der Waals surface area contributed by atoms with Gasteiger partial charge in [0.25, 0.3) is 0 Å². The van der Waals surface area contributed by atoms with Gasteiger partial charge in [-0.1, -0.05) is 6.42 Å². The zero-order valence-electron chi connectivity index (χ0n) is 14.3. The lowest BCUT2D eigenvalue weighted by Gasteiger charge is -2.35. The second-order valence-electron chi connectivity index (χ2n) is 7.50. The minimum absolute atomic E-state index is 0.176. The number of ether oxygens (including phenoxy) is 1. The first-order valence-electron chi connectivity index (χ1n) is 8.37. The van der Waals surface area contributed by atoms with Crippen molar-refractivity contribution in [3.05, 3.63) is 0 Å². The predicted octanol–water partition coefficient (Wildman–Crippen LogP) is 2.28. The molecule has 2 fully saturated rings. The third-order valence-corrected chi connectivity index (χ3v) is 6.05. The van der Waals surface area contributed by atoms with Crippen molar-refractivity contribution in [3.8, 4) is 0 Å². The lowest BCUT2D eigenvalue weighted by atomic mass is 9.87. The molecule has 2 aliphatic carbocycles. The van der Waals surface area contributed by atoms with Gasteiger partial charge in [0.05, 0.1) is 7.11 Å². The fourth-order valence-corrected chi connectivity index (χ4v) is 4.41. The molecule has 21 heavy (non-hydrogen) atoms. The van der Waals surface area contributed by atoms with Crippen LogP contribution in [0.2, 0.25) is 0 Å². The molecule has 0 radical (unpaired) electrons. The molecule has 2 saturated carbocycles. The Hall–Kier alpha value is -0.610. The number of methoxy groups -OCH3 is 1. The van der Waals surface area contributed by atoms with Crippen molar-refractivity contribution in [3.63, 3.8) is 0 Å². The molecular weight excluding hydrogens is 264 g/mol. The van der Waals surface area contributed by atoms with Gasteiger partial charge in [0.2, 0.25) is 0 Å². The summed E-state index contributed by atoms with van der Waals surface area (Å²) in [5.74, 6) is 2.66. The van der Waals surface area contributed by atoms with E-state index >= 15 is 0 Å². The van der Waals surface area contributed by atoms with E-state index in [9.17, 15) is 4.79 Å². The van der Waals surface area contributed by atoms with Crippen LogP contribution in [0.25, 0.3) is 0 Å². The van der Waals surface area contributed by atoms with E-state index in [1.54, 1.807) is 0 Å². The number of likely N-dealkylation sites (N-methyl/N-ethyl adjacent to an activating group) is 1. The molecule has 0 spiro atoms. The van der Waals surface area contributed by atoms with Crippen LogP contribution in [0.4, 0.5) is 0 Å². The number of hydrogen-bond donors (Lipinski definition) is 1. The number of esters is 1. The molecule has 2 bridgehead atoms. The van der Waals surface area contributed by atoms with Gasteiger partial charge in [0, 0.05) is 12.6 Å². The predicted molar refractivity (Wildman–Crippen MR) is 85.1 cm³/mol. The quantitative estimate of drug-likeness (QED) is 0.732. The normalized spacial score (nSPS) is 32.2. The molecule has 0 aromatic rings. The number of hydrogen-bond acceptors (Lipinski definition) is 4. The van der Waals surface area contributed by atoms with Gasteiger partial charge < -0.3 is 15.0 Å². The van der Waals surface area contributed by atoms with E-state index in [0.717, 1.165) is 24.2 Å². The third-order valence-electron chi connectivity index (χ3n) is 6.05. The summed E-state index contributed by atoms with van der Waals surface area (Å²) in [5.41, 5.74) is -0.600. The molecule has 0 aromatic heterocycles. The van der Waals surface area contributed by atoms with Crippen LogP contribution in [0.5, 0.6) is 0 Å². The molecule has 0 saturated heterocycles. The Morgan fingerprint density at radius 3 is 2.62 bits per heavy atom. The summed E-state index contributed by atoms with van der Waals surface area (Å²) in [4.78, 5) is 14.4. The highest BCUT2D eigenvalue weighted by molar-refractivity contribution is 5.80. The summed E-state index contributed by atoms with van der Waals surface area (Å²) in [6.45, 7) is 5.32. The van der Waals surface area contributed by atoms with Gasteiger partial charge in [-0.25, -0.2) is 0 Å². The third kappa shape index (κ3) is 3.59. The van der Waals surface area contributed by atoms with Gasteiger partial charge in [0.15, 0.2) is 0 Å². The van der Waals surface area contributed by atoms with Crippen molar-refractivity contribution in [1.29, 1.82) is 0 Å². The van der Waals surface area contributed by atoms with Crippen molar-refractivity contribution >= 4 is 5.97 Å². The van der Waals surface area contributed by atoms with Crippen molar-refractivity contribution in [2.75, 3.05) is 27.7 Å². The van der Waals surface area contributed by atoms with Crippen LogP contribution in [0.1, 0.15) is 46.0 Å². The molecule has 4 nitrogen and oxygen atoms in total. The Morgan fingerprint density at radius 1 is 1.43 bits per heavy atom. The molecule has 0 aromatic carbocycles. The van der Waals surface area contributed by atoms with Gasteiger partial charge in [0.1, 0.15) is 5.54 Å². The van der Waals surface area contributed by atoms with E-state index in [-0.39, 0.29) is 5.97 Å². The maximum Gasteiger partial charge on any atom is 0.325 e. The summed E-state index contributed by atoms with van der Waals surface area (Å²) < 4.78 is 4.94. The van der Waals surface area contributed by atoms with Gasteiger partial charge in [-0.05, 0) is 71.4 Å². The molecule has 0 amide bonds. The van der Waals surface area contributed by atoms with Gasteiger partial charge >= 0.3 is 5.97 Å². The zero-order valence-corrected chi connectivity index (χ0v) is 14.3. The molecular formula is C17H32N2O2. The minimum Gasteiger partial charge on any atom is -0.468 e. The SMILES string of the molecule is CNC(C)(CC(C)N(C)CC1CC2CCC1C2)C(=O)OC. The van der Waals surface area contributed by atoms with E-state index < -0.39 is 5.54 Å². The summed E-state index contributed by atoms with van der Waals surface area (Å²) in [7, 11) is 5.49. The van der Waals surface area contributed by atoms with Crippen molar-refractivity contribution in [2.45, 2.75) is 57.5 Å². The van der Waals surface area contributed by atoms with Crippen LogP contribution >= 0.6 is 0 Å². The van der Waals surface area contributed by atoms with Crippen LogP contribution in [-0.2, 0) is 9.53 Å². The van der Waals surface area contributed by atoms with Crippen molar-refractivity contribution in [2.24, 2.45) is 17.8 Å². The molecule has 0 aliphatic heterocycles. The molecule has 4 heteroatoms. The van der Waals surface area contributed by atoms with E-state index in [1.165, 1.54) is 39.3 Å². The maximum absolute atomic E-state index is 12.0. The lowest BCUT2D eigenvalue weighted by molar-refractivity contribution is -0.148. The highest BCUT2D eigenvalue weighted by Crippen LogP contribution is 2.48. The molecule has 1 N–H and O–H groups in total. The standard InChI is InChI=1S/C17H32N2O2/c1-12(10-17(2,18-3)16(20)21-5)19(4)11-15-9-13-6-7-14(15)8-13/h12-15,18H,6-11H2,1-5H3. The lowest BCUT2D eigenvalue weighted by Crippen LogP contribution is -2.52. The largest absolute Gasteiger partial charge is 0.468 e. The molecule has 2 rings (SSSR count). The number of fused-ring (bicyclic) bond motifs is 2. The number of nitrogens with one attached hydrogen (secondary N) is 1. The Morgan fingerprint density at radius 2 is 2.14 bits per heavy atom. The van der Waals surface area contributed by atoms with E-state index in [1.807, 2.05) is 14.0 Å². The Labute approximate surface area is 129 Å². The summed E-state index contributed by atoms with van der Waals surface area (Å²) in [6.07, 6.45) is 6.55. The van der Waals surface area contributed by atoms with E-state index in [4.69, 9.17) is 4.74 Å². The van der Waals surface area contributed by atoms with Gasteiger partial charge in [-0.3, -0.25) is 4.79 Å². The van der Waals surface area contributed by atoms with Gasteiger partial charge in [-0.15, -0.1) is 0 Å². The van der Waals surface area contributed by atoms with Crippen LogP contribution < -0.4 is 5.32 Å². The van der Waals surface area contributed by atoms with Crippen LogP contribution in [-0.4, -0.2) is 50.2 Å². The average Bonchev–Trinajstić information content (AvgIpc) is 3.08. The Kier molecular flexibility index (Phi) is 5.31. The second-order valence-corrected chi connectivity index (χ2v) is 7.50. The van der Waals surface area contributed by atoms with Crippen LogP contribution in [0.3, 0.4) is 0 Å². The zero-order chi connectivity index (χ0) is 15.6. The highest BCUT2D eigenvalue weighted by atomic mass is 16.5. The van der Waals surface area contributed by atoms with Crippen LogP contribution in [0.15, 0.2) is 0 Å². The smallest absolute Gasteiger partial charge is 0.325 e. The fourth-order valence-electron chi connectivity index (χ4n) is 4.41. The topological polar surface area (TPSA) is 41.6 Å². The first kappa shape index (κ1) is 16.8. The molecule has 2 aliphatic rings. The molecule has 0 heterocycles. The molecule has 5 atom stereocenters. The number of carbonyl (C=O) groups excluding carboxylic acids is 1. The molecule has 122 valence electrons. The Bertz CT molecular complexity index is 374. The van der Waals surface area contributed by atoms with E-state index in [0.29, 0.717) is 6.04 Å². The van der Waals surface area contributed by atoms with Crippen molar-refractivity contribution in [1.82, 2.24) is 10.2 Å². The minimum atomic E-state index is -0.600. The number of nitrogens with zero attached hydrogens (tertiary/aromatic N) is 1. The summed E-state index contributed by atoms with van der Waals surface area (Å²) in [5, 5.41) is 3.13.